The van der Waals surface area contributed by atoms with Crippen molar-refractivity contribution in [1.82, 2.24) is 0 Å². The van der Waals surface area contributed by atoms with Crippen molar-refractivity contribution in [3.8, 4) is 34.1 Å². The fourth-order valence-corrected chi connectivity index (χ4v) is 2.50. The lowest BCUT2D eigenvalue weighted by atomic mass is 10.0. The number of benzene rings is 2. The first-order valence-corrected chi connectivity index (χ1v) is 9.56. The van der Waals surface area contributed by atoms with Gasteiger partial charge in [-0.2, -0.15) is 0 Å². The van der Waals surface area contributed by atoms with Gasteiger partial charge in [-0.1, -0.05) is 32.7 Å². The minimum Gasteiger partial charge on any atom is -0.461 e. The minimum atomic E-state index is -1.43. The van der Waals surface area contributed by atoms with Gasteiger partial charge >= 0.3 is 17.9 Å². The second kappa shape index (κ2) is 11.4. The lowest BCUT2D eigenvalue weighted by molar-refractivity contribution is -0.135. The predicted molar refractivity (Wildman–Crippen MR) is 116 cm³/mol. The van der Waals surface area contributed by atoms with Crippen molar-refractivity contribution in [2.24, 2.45) is 0 Å². The van der Waals surface area contributed by atoms with E-state index in [2.05, 4.69) is 19.7 Å². The highest BCUT2D eigenvalue weighted by molar-refractivity contribution is 5.87. The Kier molecular flexibility index (Phi) is 8.64. The average molecular weight is 456 g/mol. The Morgan fingerprint density at radius 3 is 2.18 bits per heavy atom. The van der Waals surface area contributed by atoms with Crippen LogP contribution in [0.5, 0.6) is 23.0 Å². The van der Waals surface area contributed by atoms with Crippen molar-refractivity contribution in [3.05, 3.63) is 74.1 Å². The summed E-state index contributed by atoms with van der Waals surface area (Å²) in [7, 11) is 0. The summed E-state index contributed by atoms with van der Waals surface area (Å²) in [4.78, 5) is 35.3. The molecule has 0 amide bonds. The van der Waals surface area contributed by atoms with E-state index in [0.717, 1.165) is 24.3 Å². The lowest BCUT2D eigenvalue weighted by Gasteiger charge is -2.16. The van der Waals surface area contributed by atoms with E-state index >= 15 is 4.39 Å². The molecule has 0 aromatic heterocycles. The number of hydrogen-bond acceptors (Lipinski definition) is 8. The molecule has 1 unspecified atom stereocenters. The van der Waals surface area contributed by atoms with E-state index in [0.29, 0.717) is 0 Å². The van der Waals surface area contributed by atoms with Crippen molar-refractivity contribution in [2.75, 3.05) is 0 Å². The number of aliphatic hydroxyl groups is 1. The van der Waals surface area contributed by atoms with Gasteiger partial charge in [0, 0.05) is 30.7 Å². The summed E-state index contributed by atoms with van der Waals surface area (Å²) in [5, 5.41) is 9.59. The van der Waals surface area contributed by atoms with E-state index in [9.17, 15) is 19.5 Å². The van der Waals surface area contributed by atoms with Gasteiger partial charge < -0.3 is 24.1 Å². The van der Waals surface area contributed by atoms with Gasteiger partial charge in [-0.05, 0) is 23.8 Å². The molecule has 0 aliphatic heterocycles. The zero-order chi connectivity index (χ0) is 24.5. The van der Waals surface area contributed by atoms with E-state index in [-0.39, 0.29) is 40.5 Å². The topological polar surface area (TPSA) is 108 Å². The van der Waals surface area contributed by atoms with Crippen LogP contribution in [0.3, 0.4) is 0 Å². The normalized spacial score (nSPS) is 11.0. The highest BCUT2D eigenvalue weighted by atomic mass is 19.1. The molecule has 0 aliphatic carbocycles. The number of hydrogen-bond donors (Lipinski definition) is 1. The molecule has 8 nitrogen and oxygen atoms in total. The van der Waals surface area contributed by atoms with E-state index in [1.807, 2.05) is 0 Å². The second-order valence-electron chi connectivity index (χ2n) is 6.26. The molecule has 1 N–H and O–H groups in total. The van der Waals surface area contributed by atoms with Crippen molar-refractivity contribution in [2.45, 2.75) is 19.6 Å². The molecular formula is C24H21FO8. The van der Waals surface area contributed by atoms with E-state index in [4.69, 9.17) is 18.9 Å². The first-order valence-electron chi connectivity index (χ1n) is 9.56. The third-order valence-corrected chi connectivity index (χ3v) is 3.99. The van der Waals surface area contributed by atoms with Crippen LogP contribution < -0.4 is 18.9 Å². The second-order valence-corrected chi connectivity index (χ2v) is 6.26. The van der Waals surface area contributed by atoms with Gasteiger partial charge in [0.1, 0.15) is 17.3 Å². The van der Waals surface area contributed by atoms with Crippen LogP contribution in [0.1, 0.15) is 13.3 Å². The molecular weight excluding hydrogens is 435 g/mol. The summed E-state index contributed by atoms with van der Waals surface area (Å²) in [6.45, 7) is 11.5. The molecule has 0 bridgehead atoms. The standard InChI is InChI=1S/C24H21FO8/c1-5-20(26)30-15-12-16(25)24(19(13-15)33-23(29)8-4)14-9-10-17(31-21(27)6-2)18(11-14)32-22(28)7-3/h5-6,8-13,20,26H,1-2,4,7H2,3H3. The largest absolute Gasteiger partial charge is 0.461 e. The van der Waals surface area contributed by atoms with Crippen LogP contribution in [0.15, 0.2) is 68.3 Å². The Hall–Kier alpha value is -4.24. The number of rotatable bonds is 10. The molecule has 172 valence electrons. The fourth-order valence-electron chi connectivity index (χ4n) is 2.50. The van der Waals surface area contributed by atoms with Gasteiger partial charge in [0.25, 0.3) is 0 Å². The monoisotopic (exact) mass is 456 g/mol. The Morgan fingerprint density at radius 1 is 0.970 bits per heavy atom. The van der Waals surface area contributed by atoms with Crippen LogP contribution in [0.25, 0.3) is 11.1 Å². The van der Waals surface area contributed by atoms with Crippen LogP contribution >= 0.6 is 0 Å². The molecule has 0 heterocycles. The van der Waals surface area contributed by atoms with E-state index < -0.39 is 30.0 Å². The van der Waals surface area contributed by atoms with Crippen molar-refractivity contribution in [3.63, 3.8) is 0 Å². The SMILES string of the molecule is C=CC(=O)Oc1ccc(-c2c(F)cc(OC(O)C=C)cc2OC(=O)C=C)cc1OC(=O)CC. The number of esters is 3. The van der Waals surface area contributed by atoms with Crippen molar-refractivity contribution in [1.29, 1.82) is 0 Å². The highest BCUT2D eigenvalue weighted by Crippen LogP contribution is 2.40. The Labute approximate surface area is 189 Å². The average Bonchev–Trinajstić information content (AvgIpc) is 2.79. The zero-order valence-electron chi connectivity index (χ0n) is 17.7. The molecule has 2 aromatic rings. The molecule has 1 atom stereocenters. The van der Waals surface area contributed by atoms with Crippen LogP contribution in [0.2, 0.25) is 0 Å². The van der Waals surface area contributed by atoms with E-state index in [1.165, 1.54) is 24.3 Å². The van der Waals surface area contributed by atoms with E-state index in [1.54, 1.807) is 6.92 Å². The number of ether oxygens (including phenoxy) is 4. The third-order valence-electron chi connectivity index (χ3n) is 3.99. The highest BCUT2D eigenvalue weighted by Gasteiger charge is 2.21. The number of carbonyl (C=O) groups excluding carboxylic acids is 3. The quantitative estimate of drug-likeness (QED) is 0.189. The molecule has 0 saturated heterocycles. The number of carbonyl (C=O) groups is 3. The molecule has 0 radical (unpaired) electrons. The van der Waals surface area contributed by atoms with Crippen LogP contribution in [0.4, 0.5) is 4.39 Å². The van der Waals surface area contributed by atoms with Crippen molar-refractivity contribution >= 4 is 17.9 Å². The first-order chi connectivity index (χ1) is 15.7. The summed E-state index contributed by atoms with van der Waals surface area (Å²) < 4.78 is 35.6. The number of aliphatic hydroxyl groups excluding tert-OH is 1. The van der Waals surface area contributed by atoms with Gasteiger partial charge in [0.2, 0.25) is 6.29 Å². The molecule has 0 saturated carbocycles. The lowest BCUT2D eigenvalue weighted by Crippen LogP contribution is -2.12. The van der Waals surface area contributed by atoms with Crippen molar-refractivity contribution < 1.29 is 42.8 Å². The smallest absolute Gasteiger partial charge is 0.335 e. The maximum Gasteiger partial charge on any atom is 0.335 e. The molecule has 2 rings (SSSR count). The summed E-state index contributed by atoms with van der Waals surface area (Å²) in [5.74, 6) is -3.90. The summed E-state index contributed by atoms with van der Waals surface area (Å²) in [6, 6.07) is 6.01. The maximum atomic E-state index is 15.1. The Morgan fingerprint density at radius 2 is 1.61 bits per heavy atom. The molecule has 0 spiro atoms. The number of halogens is 1. The van der Waals surface area contributed by atoms with Gasteiger partial charge in [-0.15, -0.1) is 0 Å². The summed E-state index contributed by atoms with van der Waals surface area (Å²) in [5.41, 5.74) is -0.0754. The molecule has 0 aliphatic rings. The van der Waals surface area contributed by atoms with Gasteiger partial charge in [-0.25, -0.2) is 14.0 Å². The van der Waals surface area contributed by atoms with Crippen LogP contribution in [-0.4, -0.2) is 29.3 Å². The molecule has 9 heteroatoms. The van der Waals surface area contributed by atoms with Gasteiger partial charge in [-0.3, -0.25) is 4.79 Å². The Balaban J connectivity index is 2.65. The van der Waals surface area contributed by atoms with Crippen LogP contribution in [0, 0.1) is 5.82 Å². The third kappa shape index (κ3) is 6.62. The zero-order valence-corrected chi connectivity index (χ0v) is 17.7. The summed E-state index contributed by atoms with van der Waals surface area (Å²) in [6.07, 6.45) is 1.45. The minimum absolute atomic E-state index is 0.0211. The van der Waals surface area contributed by atoms with Gasteiger partial charge in [0.15, 0.2) is 11.5 Å². The Bertz CT molecular complexity index is 1110. The fraction of sp³-hybridized carbons (Fsp3) is 0.125. The molecule has 33 heavy (non-hydrogen) atoms. The maximum absolute atomic E-state index is 15.1. The summed E-state index contributed by atoms with van der Waals surface area (Å²) >= 11 is 0. The first kappa shape index (κ1) is 25.0. The molecule has 2 aromatic carbocycles. The predicted octanol–water partition coefficient (Wildman–Crippen LogP) is 3.87. The van der Waals surface area contributed by atoms with Gasteiger partial charge in [0.05, 0.1) is 5.56 Å². The molecule has 0 fully saturated rings. The van der Waals surface area contributed by atoms with Crippen LogP contribution in [-0.2, 0) is 14.4 Å².